The number of hydrogen-bond acceptors (Lipinski definition) is 5. The Balaban J connectivity index is 1.66. The van der Waals surface area contributed by atoms with Crippen LogP contribution in [0.4, 0.5) is 10.5 Å². The number of carbonyl (C=O) groups excluding carboxylic acids is 3. The summed E-state index contributed by atoms with van der Waals surface area (Å²) in [5.74, 6) is -0.673. The number of nitrogens with one attached hydrogen (secondary N) is 2. The molecule has 2 aromatic heterocycles. The van der Waals surface area contributed by atoms with E-state index in [4.69, 9.17) is 4.98 Å². The SMILES string of the molecule is Cc1csc2nc3c(c(NC(=O)CN4C(=O)NC(=O)[C@@H]4C)c12)CCCC3. The quantitative estimate of drug-likeness (QED) is 0.809. The topological polar surface area (TPSA) is 91.4 Å². The molecule has 0 spiro atoms. The van der Waals surface area contributed by atoms with Crippen molar-refractivity contribution in [1.29, 1.82) is 0 Å². The number of rotatable bonds is 3. The lowest BCUT2D eigenvalue weighted by atomic mass is 9.93. The van der Waals surface area contributed by atoms with Crippen molar-refractivity contribution in [2.75, 3.05) is 11.9 Å². The molecule has 136 valence electrons. The molecular weight excluding hydrogens is 352 g/mol. The summed E-state index contributed by atoms with van der Waals surface area (Å²) in [5.41, 5.74) is 4.08. The molecule has 0 aromatic carbocycles. The number of pyridine rings is 1. The molecule has 2 N–H and O–H groups in total. The van der Waals surface area contributed by atoms with Gasteiger partial charge in [-0.2, -0.15) is 0 Å². The molecule has 1 atom stereocenters. The lowest BCUT2D eigenvalue weighted by Crippen LogP contribution is -2.39. The molecule has 26 heavy (non-hydrogen) atoms. The summed E-state index contributed by atoms with van der Waals surface area (Å²) in [4.78, 5) is 43.1. The fourth-order valence-corrected chi connectivity index (χ4v) is 4.60. The maximum absolute atomic E-state index is 12.7. The van der Waals surface area contributed by atoms with E-state index in [2.05, 4.69) is 10.6 Å². The van der Waals surface area contributed by atoms with Gasteiger partial charge >= 0.3 is 6.03 Å². The summed E-state index contributed by atoms with van der Waals surface area (Å²) >= 11 is 1.58. The first kappa shape index (κ1) is 17.0. The van der Waals surface area contributed by atoms with E-state index in [0.29, 0.717) is 0 Å². The molecule has 4 rings (SSSR count). The molecule has 8 heteroatoms. The van der Waals surface area contributed by atoms with Crippen molar-refractivity contribution in [1.82, 2.24) is 15.2 Å². The van der Waals surface area contributed by atoms with Gasteiger partial charge in [0.25, 0.3) is 5.91 Å². The zero-order chi connectivity index (χ0) is 18.4. The number of urea groups is 1. The molecule has 0 radical (unpaired) electrons. The van der Waals surface area contributed by atoms with E-state index in [1.807, 2.05) is 12.3 Å². The number of amides is 4. The Morgan fingerprint density at radius 2 is 2.15 bits per heavy atom. The summed E-state index contributed by atoms with van der Waals surface area (Å²) in [5, 5.41) is 8.28. The van der Waals surface area contributed by atoms with Crippen molar-refractivity contribution in [3.05, 3.63) is 22.2 Å². The number of fused-ring (bicyclic) bond motifs is 2. The maximum atomic E-state index is 12.7. The Bertz CT molecular complexity index is 936. The van der Waals surface area contributed by atoms with Crippen LogP contribution in [0.5, 0.6) is 0 Å². The van der Waals surface area contributed by atoms with Crippen LogP contribution in [-0.4, -0.2) is 40.3 Å². The minimum atomic E-state index is -0.637. The Morgan fingerprint density at radius 1 is 1.38 bits per heavy atom. The summed E-state index contributed by atoms with van der Waals surface area (Å²) in [7, 11) is 0. The van der Waals surface area contributed by atoms with Crippen molar-refractivity contribution in [2.24, 2.45) is 0 Å². The molecule has 1 aliphatic heterocycles. The van der Waals surface area contributed by atoms with Gasteiger partial charge in [0.2, 0.25) is 5.91 Å². The smallest absolute Gasteiger partial charge is 0.324 e. The third-order valence-electron chi connectivity index (χ3n) is 5.10. The van der Waals surface area contributed by atoms with E-state index < -0.39 is 12.1 Å². The summed E-state index contributed by atoms with van der Waals surface area (Å²) in [6.07, 6.45) is 4.00. The van der Waals surface area contributed by atoms with Gasteiger partial charge in [-0.3, -0.25) is 14.9 Å². The van der Waals surface area contributed by atoms with E-state index >= 15 is 0 Å². The zero-order valence-corrected chi connectivity index (χ0v) is 15.5. The van der Waals surface area contributed by atoms with Crippen LogP contribution in [0.15, 0.2) is 5.38 Å². The average molecular weight is 372 g/mol. The monoisotopic (exact) mass is 372 g/mol. The second kappa shape index (κ2) is 6.35. The fraction of sp³-hybridized carbons (Fsp3) is 0.444. The largest absolute Gasteiger partial charge is 0.325 e. The first-order valence-electron chi connectivity index (χ1n) is 8.76. The first-order valence-corrected chi connectivity index (χ1v) is 9.64. The van der Waals surface area contributed by atoms with Crippen LogP contribution in [-0.2, 0) is 22.4 Å². The Hall–Kier alpha value is -2.48. The molecule has 7 nitrogen and oxygen atoms in total. The van der Waals surface area contributed by atoms with Gasteiger partial charge in [0.05, 0.1) is 5.69 Å². The van der Waals surface area contributed by atoms with Gasteiger partial charge in [-0.25, -0.2) is 9.78 Å². The number of hydrogen-bond donors (Lipinski definition) is 2. The lowest BCUT2D eigenvalue weighted by Gasteiger charge is -2.22. The summed E-state index contributed by atoms with van der Waals surface area (Å²) < 4.78 is 0. The van der Waals surface area contributed by atoms with Crippen molar-refractivity contribution < 1.29 is 14.4 Å². The normalized spacial score (nSPS) is 19.6. The van der Waals surface area contributed by atoms with Gasteiger partial charge in [0.15, 0.2) is 0 Å². The minimum Gasteiger partial charge on any atom is -0.324 e. The molecular formula is C18H20N4O3S. The number of aromatic nitrogens is 1. The molecule has 2 aromatic rings. The maximum Gasteiger partial charge on any atom is 0.325 e. The highest BCUT2D eigenvalue weighted by Gasteiger charge is 2.36. The average Bonchev–Trinajstić information content (AvgIpc) is 3.09. The molecule has 0 saturated carbocycles. The molecule has 0 bridgehead atoms. The molecule has 1 aliphatic carbocycles. The molecule has 1 fully saturated rings. The van der Waals surface area contributed by atoms with Crippen molar-refractivity contribution in [3.8, 4) is 0 Å². The predicted octanol–water partition coefficient (Wildman–Crippen LogP) is 2.36. The highest BCUT2D eigenvalue weighted by Crippen LogP contribution is 2.37. The van der Waals surface area contributed by atoms with Gasteiger partial charge in [0, 0.05) is 11.1 Å². The van der Waals surface area contributed by atoms with E-state index in [1.54, 1.807) is 18.3 Å². The van der Waals surface area contributed by atoms with Gasteiger partial charge in [-0.1, -0.05) is 0 Å². The van der Waals surface area contributed by atoms with Gasteiger partial charge in [0.1, 0.15) is 17.4 Å². The van der Waals surface area contributed by atoms with Crippen molar-refractivity contribution in [2.45, 2.75) is 45.6 Å². The number of nitrogens with zero attached hydrogens (tertiary/aromatic N) is 2. The Kier molecular flexibility index (Phi) is 4.14. The number of anilines is 1. The van der Waals surface area contributed by atoms with Gasteiger partial charge in [-0.15, -0.1) is 11.3 Å². The third-order valence-corrected chi connectivity index (χ3v) is 6.09. The molecule has 1 saturated heterocycles. The highest BCUT2D eigenvalue weighted by molar-refractivity contribution is 7.17. The van der Waals surface area contributed by atoms with E-state index in [0.717, 1.165) is 58.4 Å². The predicted molar refractivity (Wildman–Crippen MR) is 99.3 cm³/mol. The Labute approximate surface area is 154 Å². The van der Waals surface area contributed by atoms with E-state index in [1.165, 1.54) is 4.90 Å². The minimum absolute atomic E-state index is 0.152. The standard InChI is InChI=1S/C18H20N4O3S/c1-9-8-26-17-14(9)15(11-5-3-4-6-12(11)19-17)20-13(23)7-22-10(2)16(24)21-18(22)25/h8,10H,3-7H2,1-2H3,(H,19,20,23)(H,21,24,25)/t10-/m0/s1. The van der Waals surface area contributed by atoms with Crippen molar-refractivity contribution in [3.63, 3.8) is 0 Å². The van der Waals surface area contributed by atoms with Crippen LogP contribution in [0.1, 0.15) is 36.6 Å². The highest BCUT2D eigenvalue weighted by atomic mass is 32.1. The number of aryl methyl sites for hydroxylation is 2. The van der Waals surface area contributed by atoms with Crippen LogP contribution >= 0.6 is 11.3 Å². The van der Waals surface area contributed by atoms with Crippen molar-refractivity contribution >= 4 is 45.1 Å². The van der Waals surface area contributed by atoms with Crippen LogP contribution in [0, 0.1) is 6.92 Å². The Morgan fingerprint density at radius 3 is 2.88 bits per heavy atom. The first-order chi connectivity index (χ1) is 12.5. The van der Waals surface area contributed by atoms with Gasteiger partial charge in [-0.05, 0) is 56.0 Å². The molecule has 3 heterocycles. The van der Waals surface area contributed by atoms with E-state index in [-0.39, 0.29) is 18.4 Å². The van der Waals surface area contributed by atoms with Gasteiger partial charge < -0.3 is 10.2 Å². The van der Waals surface area contributed by atoms with Crippen LogP contribution < -0.4 is 10.6 Å². The van der Waals surface area contributed by atoms with Crippen LogP contribution in [0.2, 0.25) is 0 Å². The lowest BCUT2D eigenvalue weighted by molar-refractivity contribution is -0.121. The molecule has 4 amide bonds. The second-order valence-electron chi connectivity index (χ2n) is 6.86. The number of carbonyl (C=O) groups is 3. The zero-order valence-electron chi connectivity index (χ0n) is 14.7. The second-order valence-corrected chi connectivity index (χ2v) is 7.72. The fourth-order valence-electron chi connectivity index (χ4n) is 3.65. The number of imide groups is 1. The van der Waals surface area contributed by atoms with Crippen LogP contribution in [0.3, 0.4) is 0 Å². The van der Waals surface area contributed by atoms with Crippen LogP contribution in [0.25, 0.3) is 10.2 Å². The number of thiophene rings is 1. The summed E-state index contributed by atoms with van der Waals surface area (Å²) in [6, 6.07) is -1.16. The summed E-state index contributed by atoms with van der Waals surface area (Å²) in [6.45, 7) is 3.48. The molecule has 0 unspecified atom stereocenters. The van der Waals surface area contributed by atoms with E-state index in [9.17, 15) is 14.4 Å². The molecule has 2 aliphatic rings. The third kappa shape index (κ3) is 2.74.